The molecule has 0 spiro atoms. The van der Waals surface area contributed by atoms with Crippen molar-refractivity contribution in [3.63, 3.8) is 0 Å². The summed E-state index contributed by atoms with van der Waals surface area (Å²) in [6.45, 7) is 1.51. The van der Waals surface area contributed by atoms with Crippen molar-refractivity contribution >= 4 is 44.8 Å². The molecule has 178 valence electrons. The summed E-state index contributed by atoms with van der Waals surface area (Å²) in [5.74, 6) is -0.414. The molecular weight excluding hydrogens is 491 g/mol. The Bertz CT molecular complexity index is 1290. The maximum atomic E-state index is 13.5. The zero-order chi connectivity index (χ0) is 24.3. The lowest BCUT2D eigenvalue weighted by atomic mass is 9.89. The van der Waals surface area contributed by atoms with Crippen LogP contribution in [0.2, 0.25) is 10.0 Å². The lowest BCUT2D eigenvalue weighted by Gasteiger charge is -2.25. The number of fused-ring (bicyclic) bond motifs is 1. The van der Waals surface area contributed by atoms with E-state index >= 15 is 0 Å². The normalized spacial score (nSPS) is 14.2. The van der Waals surface area contributed by atoms with E-state index in [1.54, 1.807) is 18.2 Å². The highest BCUT2D eigenvalue weighted by Crippen LogP contribution is 2.28. The van der Waals surface area contributed by atoms with Gasteiger partial charge in [-0.15, -0.1) is 0 Å². The average molecular weight is 517 g/mol. The van der Waals surface area contributed by atoms with Gasteiger partial charge in [-0.2, -0.15) is 0 Å². The third kappa shape index (κ3) is 5.57. The van der Waals surface area contributed by atoms with Crippen LogP contribution in [0.15, 0.2) is 71.6 Å². The molecule has 8 heteroatoms. The molecule has 0 aliphatic heterocycles. The molecule has 0 bridgehead atoms. The summed E-state index contributed by atoms with van der Waals surface area (Å²) in [5.41, 5.74) is 4.01. The number of aryl methyl sites for hydroxylation is 2. The van der Waals surface area contributed by atoms with Crippen LogP contribution >= 0.6 is 23.2 Å². The number of amides is 1. The Morgan fingerprint density at radius 3 is 2.35 bits per heavy atom. The van der Waals surface area contributed by atoms with E-state index in [-0.39, 0.29) is 17.5 Å². The summed E-state index contributed by atoms with van der Waals surface area (Å²) < 4.78 is 28.0. The van der Waals surface area contributed by atoms with Gasteiger partial charge in [-0.25, -0.2) is 8.42 Å². The number of carbonyl (C=O) groups is 1. The molecule has 1 N–H and O–H groups in total. The van der Waals surface area contributed by atoms with Crippen LogP contribution in [0.1, 0.15) is 42.5 Å². The van der Waals surface area contributed by atoms with Crippen molar-refractivity contribution in [2.24, 2.45) is 0 Å². The summed E-state index contributed by atoms with van der Waals surface area (Å²) in [6, 6.07) is 18.3. The van der Waals surface area contributed by atoms with Crippen LogP contribution in [0.3, 0.4) is 0 Å². The van der Waals surface area contributed by atoms with E-state index < -0.39 is 15.9 Å². The molecule has 0 saturated carbocycles. The van der Waals surface area contributed by atoms with Crippen molar-refractivity contribution in [1.82, 2.24) is 5.32 Å². The smallest absolute Gasteiger partial charge is 0.264 e. The minimum atomic E-state index is -4.04. The first-order valence-corrected chi connectivity index (χ1v) is 13.4. The van der Waals surface area contributed by atoms with Crippen molar-refractivity contribution < 1.29 is 13.2 Å². The number of hydrogen-bond donors (Lipinski definition) is 1. The number of hydrogen-bond acceptors (Lipinski definition) is 3. The first-order chi connectivity index (χ1) is 16.2. The summed E-state index contributed by atoms with van der Waals surface area (Å²) in [7, 11) is -4.04. The molecule has 1 aliphatic carbocycles. The van der Waals surface area contributed by atoms with Crippen LogP contribution in [0.25, 0.3) is 0 Å². The van der Waals surface area contributed by atoms with Gasteiger partial charge in [0.05, 0.1) is 16.6 Å². The quantitative estimate of drug-likeness (QED) is 0.422. The Kier molecular flexibility index (Phi) is 7.51. The Labute approximate surface area is 210 Å². The van der Waals surface area contributed by atoms with E-state index in [4.69, 9.17) is 23.2 Å². The number of nitrogens with zero attached hydrogens (tertiary/aromatic N) is 1. The molecule has 0 saturated heterocycles. The van der Waals surface area contributed by atoms with Gasteiger partial charge in [0.1, 0.15) is 6.54 Å². The van der Waals surface area contributed by atoms with Crippen LogP contribution in [-0.4, -0.2) is 20.9 Å². The number of sulfonamides is 1. The fourth-order valence-electron chi connectivity index (χ4n) is 4.20. The number of nitrogens with one attached hydrogen (secondary N) is 1. The highest BCUT2D eigenvalue weighted by atomic mass is 35.5. The first-order valence-electron chi connectivity index (χ1n) is 11.2. The third-order valence-corrected chi connectivity index (χ3v) is 8.31. The summed E-state index contributed by atoms with van der Waals surface area (Å²) >= 11 is 12.1. The highest BCUT2D eigenvalue weighted by molar-refractivity contribution is 7.92. The van der Waals surface area contributed by atoms with Gasteiger partial charge in [0.2, 0.25) is 5.91 Å². The molecule has 0 unspecified atom stereocenters. The van der Waals surface area contributed by atoms with Gasteiger partial charge >= 0.3 is 0 Å². The van der Waals surface area contributed by atoms with Crippen molar-refractivity contribution in [2.75, 3.05) is 10.8 Å². The lowest BCUT2D eigenvalue weighted by molar-refractivity contribution is -0.120. The molecule has 1 amide bonds. The second-order valence-electron chi connectivity index (χ2n) is 8.47. The zero-order valence-corrected chi connectivity index (χ0v) is 21.1. The van der Waals surface area contributed by atoms with E-state index in [1.165, 1.54) is 54.3 Å². The average Bonchev–Trinajstić information content (AvgIpc) is 2.82. The number of carbonyl (C=O) groups excluding carboxylic acids is 1. The Hall–Kier alpha value is -2.54. The number of halogens is 2. The molecule has 1 atom stereocenters. The standard InChI is InChI=1S/C26H26Cl2N2O3S/c1-18(20-10-9-19-5-2-3-6-21(19)15-20)29-26(31)17-30(24-8-4-7-23(28)16-24)34(32,33)25-13-11-22(27)12-14-25/h4,7-16,18H,2-3,5-6,17H2,1H3,(H,29,31)/t18-/m0/s1. The number of rotatable bonds is 7. The van der Waals surface area contributed by atoms with Gasteiger partial charge in [0.25, 0.3) is 10.0 Å². The first kappa shape index (κ1) is 24.6. The van der Waals surface area contributed by atoms with Gasteiger partial charge in [-0.3, -0.25) is 9.10 Å². The maximum absolute atomic E-state index is 13.5. The monoisotopic (exact) mass is 516 g/mol. The lowest BCUT2D eigenvalue weighted by Crippen LogP contribution is -2.41. The van der Waals surface area contributed by atoms with Crippen molar-refractivity contribution in [1.29, 1.82) is 0 Å². The Morgan fingerprint density at radius 2 is 1.65 bits per heavy atom. The van der Waals surface area contributed by atoms with Crippen LogP contribution in [0.4, 0.5) is 5.69 Å². The molecule has 0 aromatic heterocycles. The summed E-state index contributed by atoms with van der Waals surface area (Å²) in [6.07, 6.45) is 4.52. The van der Waals surface area contributed by atoms with E-state index in [0.717, 1.165) is 22.7 Å². The van der Waals surface area contributed by atoms with Gasteiger partial charge in [-0.05, 0) is 91.8 Å². The predicted octanol–water partition coefficient (Wildman–Crippen LogP) is 5.94. The molecule has 0 radical (unpaired) electrons. The fraction of sp³-hybridized carbons (Fsp3) is 0.269. The van der Waals surface area contributed by atoms with Crippen molar-refractivity contribution in [2.45, 2.75) is 43.5 Å². The minimum absolute atomic E-state index is 0.0346. The molecule has 0 heterocycles. The predicted molar refractivity (Wildman–Crippen MR) is 137 cm³/mol. The molecule has 1 aliphatic rings. The minimum Gasteiger partial charge on any atom is -0.348 e. The second-order valence-corrected chi connectivity index (χ2v) is 11.2. The summed E-state index contributed by atoms with van der Waals surface area (Å²) in [5, 5.41) is 3.74. The molecular formula is C26H26Cl2N2O3S. The fourth-order valence-corrected chi connectivity index (χ4v) is 5.93. The van der Waals surface area contributed by atoms with E-state index in [9.17, 15) is 13.2 Å². The molecule has 34 heavy (non-hydrogen) atoms. The molecule has 5 nitrogen and oxygen atoms in total. The van der Waals surface area contributed by atoms with E-state index in [0.29, 0.717) is 15.7 Å². The van der Waals surface area contributed by atoms with E-state index in [1.807, 2.05) is 13.0 Å². The largest absolute Gasteiger partial charge is 0.348 e. The Balaban J connectivity index is 1.57. The van der Waals surface area contributed by atoms with Gasteiger partial charge in [-0.1, -0.05) is 47.5 Å². The number of benzene rings is 3. The van der Waals surface area contributed by atoms with Crippen LogP contribution in [0.5, 0.6) is 0 Å². The van der Waals surface area contributed by atoms with Crippen molar-refractivity contribution in [3.8, 4) is 0 Å². The molecule has 4 rings (SSSR count). The Morgan fingerprint density at radius 1 is 0.941 bits per heavy atom. The van der Waals surface area contributed by atoms with Crippen molar-refractivity contribution in [3.05, 3.63) is 93.5 Å². The number of anilines is 1. The third-order valence-electron chi connectivity index (χ3n) is 6.04. The van der Waals surface area contributed by atoms with Gasteiger partial charge < -0.3 is 5.32 Å². The van der Waals surface area contributed by atoms with E-state index in [2.05, 4.69) is 17.4 Å². The van der Waals surface area contributed by atoms with Crippen LogP contribution in [0, 0.1) is 0 Å². The second kappa shape index (κ2) is 10.4. The summed E-state index contributed by atoms with van der Waals surface area (Å²) in [4.78, 5) is 13.1. The zero-order valence-electron chi connectivity index (χ0n) is 18.8. The molecule has 3 aromatic carbocycles. The molecule has 0 fully saturated rings. The van der Waals surface area contributed by atoms with Gasteiger partial charge in [0, 0.05) is 10.0 Å². The maximum Gasteiger partial charge on any atom is 0.264 e. The van der Waals surface area contributed by atoms with Crippen LogP contribution in [-0.2, 0) is 27.7 Å². The van der Waals surface area contributed by atoms with Crippen LogP contribution < -0.4 is 9.62 Å². The SMILES string of the molecule is C[C@H](NC(=O)CN(c1cccc(Cl)c1)S(=O)(=O)c1ccc(Cl)cc1)c1ccc2c(c1)CCCC2. The highest BCUT2D eigenvalue weighted by Gasteiger charge is 2.28. The van der Waals surface area contributed by atoms with Gasteiger partial charge in [0.15, 0.2) is 0 Å². The molecule has 3 aromatic rings. The topological polar surface area (TPSA) is 66.5 Å².